The van der Waals surface area contributed by atoms with Crippen molar-refractivity contribution >= 4 is 12.4 Å². The lowest BCUT2D eigenvalue weighted by Crippen LogP contribution is -2.20. The van der Waals surface area contributed by atoms with E-state index in [0.717, 1.165) is 0 Å². The molecule has 0 spiro atoms. The number of ether oxygens (including phenoxy) is 3. The van der Waals surface area contributed by atoms with Crippen LogP contribution in [0.15, 0.2) is 0 Å². The fourth-order valence-electron chi connectivity index (χ4n) is 0.553. The van der Waals surface area contributed by atoms with Gasteiger partial charge in [-0.1, -0.05) is 0 Å². The van der Waals surface area contributed by atoms with Crippen LogP contribution < -0.4 is 0 Å². The van der Waals surface area contributed by atoms with E-state index < -0.39 is 6.48 Å². The van der Waals surface area contributed by atoms with Crippen LogP contribution in [0.1, 0.15) is 20.8 Å². The van der Waals surface area contributed by atoms with Crippen LogP contribution in [-0.4, -0.2) is 26.3 Å². The first-order valence-electron chi connectivity index (χ1n) is 3.69. The largest absolute Gasteiger partial charge is 0.330 e. The normalized spacial score (nSPS) is 9.82. The second-order valence-corrected chi connectivity index (χ2v) is 1.65. The van der Waals surface area contributed by atoms with Crippen LogP contribution in [0.2, 0.25) is 0 Å². The lowest BCUT2D eigenvalue weighted by Gasteiger charge is -2.15. The molecule has 0 heterocycles. The molecular formula is C7H17ClO3. The van der Waals surface area contributed by atoms with Gasteiger partial charge in [0.25, 0.3) is 6.48 Å². The Labute approximate surface area is 74.4 Å². The third-order valence-corrected chi connectivity index (χ3v) is 0.908. The molecule has 0 radical (unpaired) electrons. The van der Waals surface area contributed by atoms with Crippen molar-refractivity contribution in [2.45, 2.75) is 27.2 Å². The minimum Gasteiger partial charge on any atom is -0.330 e. The Morgan fingerprint density at radius 3 is 1.27 bits per heavy atom. The third kappa shape index (κ3) is 8.07. The molecule has 0 saturated heterocycles. The van der Waals surface area contributed by atoms with Gasteiger partial charge in [-0.15, -0.1) is 12.4 Å². The highest BCUT2D eigenvalue weighted by molar-refractivity contribution is 5.85. The van der Waals surface area contributed by atoms with Crippen molar-refractivity contribution in [1.82, 2.24) is 0 Å². The molecule has 3 nitrogen and oxygen atoms in total. The standard InChI is InChI=1S/C7H16O3.ClH/c1-4-8-7(9-5-2)10-6-3;/h7H,4-6H2,1-3H3;1H. The van der Waals surface area contributed by atoms with E-state index in [1.165, 1.54) is 0 Å². The van der Waals surface area contributed by atoms with Crippen molar-refractivity contribution < 1.29 is 14.2 Å². The Morgan fingerprint density at radius 2 is 1.09 bits per heavy atom. The van der Waals surface area contributed by atoms with E-state index in [4.69, 9.17) is 14.2 Å². The molecule has 0 bridgehead atoms. The summed E-state index contributed by atoms with van der Waals surface area (Å²) in [5, 5.41) is 0. The summed E-state index contributed by atoms with van der Waals surface area (Å²) in [6.45, 7) is 7.10. The summed E-state index contributed by atoms with van der Waals surface area (Å²) in [7, 11) is 0. The summed E-state index contributed by atoms with van der Waals surface area (Å²) in [4.78, 5) is 0. The quantitative estimate of drug-likeness (QED) is 0.590. The molecule has 70 valence electrons. The van der Waals surface area contributed by atoms with Gasteiger partial charge in [0, 0.05) is 19.8 Å². The zero-order valence-electron chi connectivity index (χ0n) is 7.33. The van der Waals surface area contributed by atoms with Crippen LogP contribution in [0.5, 0.6) is 0 Å². The summed E-state index contributed by atoms with van der Waals surface area (Å²) in [5.74, 6) is 0. The molecule has 0 aliphatic rings. The zero-order valence-corrected chi connectivity index (χ0v) is 8.15. The molecule has 0 unspecified atom stereocenters. The highest BCUT2D eigenvalue weighted by Gasteiger charge is 2.04. The summed E-state index contributed by atoms with van der Waals surface area (Å²) in [6, 6.07) is 0. The van der Waals surface area contributed by atoms with Gasteiger partial charge < -0.3 is 14.2 Å². The molecule has 0 aromatic carbocycles. The average Bonchev–Trinajstić information content (AvgIpc) is 1.90. The van der Waals surface area contributed by atoms with Crippen LogP contribution in [0.4, 0.5) is 0 Å². The first-order valence-corrected chi connectivity index (χ1v) is 3.69. The zero-order chi connectivity index (χ0) is 7.82. The molecular weight excluding hydrogens is 168 g/mol. The fraction of sp³-hybridized carbons (Fsp3) is 1.00. The van der Waals surface area contributed by atoms with Crippen molar-refractivity contribution in [2.24, 2.45) is 0 Å². The first-order chi connectivity index (χ1) is 4.85. The van der Waals surface area contributed by atoms with Crippen LogP contribution in [0.25, 0.3) is 0 Å². The second kappa shape index (κ2) is 10.2. The van der Waals surface area contributed by atoms with Crippen molar-refractivity contribution in [3.05, 3.63) is 0 Å². The Bertz CT molecular complexity index is 56.4. The molecule has 11 heavy (non-hydrogen) atoms. The summed E-state index contributed by atoms with van der Waals surface area (Å²) >= 11 is 0. The van der Waals surface area contributed by atoms with Gasteiger partial charge in [0.15, 0.2) is 0 Å². The van der Waals surface area contributed by atoms with E-state index in [1.807, 2.05) is 20.8 Å². The highest BCUT2D eigenvalue weighted by atomic mass is 35.5. The Hall–Kier alpha value is 0.170. The van der Waals surface area contributed by atoms with E-state index in [0.29, 0.717) is 19.8 Å². The lowest BCUT2D eigenvalue weighted by molar-refractivity contribution is -0.282. The number of rotatable bonds is 6. The van der Waals surface area contributed by atoms with E-state index in [9.17, 15) is 0 Å². The van der Waals surface area contributed by atoms with Crippen LogP contribution in [-0.2, 0) is 14.2 Å². The van der Waals surface area contributed by atoms with Crippen molar-refractivity contribution in [3.63, 3.8) is 0 Å². The number of halogens is 1. The molecule has 0 fully saturated rings. The minimum atomic E-state index is -0.472. The Morgan fingerprint density at radius 1 is 0.818 bits per heavy atom. The average molecular weight is 185 g/mol. The number of hydrogen-bond acceptors (Lipinski definition) is 3. The summed E-state index contributed by atoms with van der Waals surface area (Å²) < 4.78 is 15.2. The lowest BCUT2D eigenvalue weighted by atomic mass is 10.8. The summed E-state index contributed by atoms with van der Waals surface area (Å²) in [5.41, 5.74) is 0. The van der Waals surface area contributed by atoms with Gasteiger partial charge in [-0.05, 0) is 20.8 Å². The maximum atomic E-state index is 5.08. The van der Waals surface area contributed by atoms with Crippen LogP contribution in [0.3, 0.4) is 0 Å². The molecule has 0 saturated carbocycles. The highest BCUT2D eigenvalue weighted by Crippen LogP contribution is 1.95. The van der Waals surface area contributed by atoms with Crippen molar-refractivity contribution in [2.75, 3.05) is 19.8 Å². The van der Waals surface area contributed by atoms with Gasteiger partial charge in [-0.25, -0.2) is 0 Å². The Kier molecular flexibility index (Phi) is 12.7. The van der Waals surface area contributed by atoms with Crippen molar-refractivity contribution in [3.8, 4) is 0 Å². The second-order valence-electron chi connectivity index (χ2n) is 1.65. The molecule has 0 aromatic heterocycles. The minimum absolute atomic E-state index is 0. The third-order valence-electron chi connectivity index (χ3n) is 0.908. The molecule has 0 aliphatic heterocycles. The van der Waals surface area contributed by atoms with E-state index >= 15 is 0 Å². The number of hydrogen-bond donors (Lipinski definition) is 0. The molecule has 0 rings (SSSR count). The molecule has 4 heteroatoms. The van der Waals surface area contributed by atoms with Crippen LogP contribution >= 0.6 is 12.4 Å². The smallest absolute Gasteiger partial charge is 0.271 e. The molecule has 0 aliphatic carbocycles. The van der Waals surface area contributed by atoms with Gasteiger partial charge in [-0.2, -0.15) is 0 Å². The van der Waals surface area contributed by atoms with Crippen LogP contribution in [0, 0.1) is 0 Å². The Balaban J connectivity index is 0. The topological polar surface area (TPSA) is 27.7 Å². The van der Waals surface area contributed by atoms with E-state index in [-0.39, 0.29) is 12.4 Å². The van der Waals surface area contributed by atoms with Gasteiger partial charge in [0.2, 0.25) is 0 Å². The first kappa shape index (κ1) is 13.7. The maximum Gasteiger partial charge on any atom is 0.271 e. The predicted molar refractivity (Wildman–Crippen MR) is 45.9 cm³/mol. The molecule has 0 amide bonds. The van der Waals surface area contributed by atoms with E-state index in [2.05, 4.69) is 0 Å². The SMILES string of the molecule is CCOC(OCC)OCC.Cl. The van der Waals surface area contributed by atoms with Gasteiger partial charge in [0.1, 0.15) is 0 Å². The predicted octanol–water partition coefficient (Wildman–Crippen LogP) is 1.80. The van der Waals surface area contributed by atoms with Gasteiger partial charge in [-0.3, -0.25) is 0 Å². The molecule has 0 aromatic rings. The fourth-order valence-corrected chi connectivity index (χ4v) is 0.553. The van der Waals surface area contributed by atoms with Gasteiger partial charge in [0.05, 0.1) is 0 Å². The monoisotopic (exact) mass is 184 g/mol. The maximum absolute atomic E-state index is 5.08. The van der Waals surface area contributed by atoms with Crippen molar-refractivity contribution in [1.29, 1.82) is 0 Å². The van der Waals surface area contributed by atoms with E-state index in [1.54, 1.807) is 0 Å². The van der Waals surface area contributed by atoms with Gasteiger partial charge >= 0.3 is 0 Å². The molecule has 0 N–H and O–H groups in total. The summed E-state index contributed by atoms with van der Waals surface area (Å²) in [6.07, 6.45) is 0. The molecule has 0 atom stereocenters.